The van der Waals surface area contributed by atoms with Gasteiger partial charge in [-0.1, -0.05) is 27.7 Å². The molecule has 0 saturated heterocycles. The average molecular weight is 240 g/mol. The molecule has 0 aliphatic carbocycles. The summed E-state index contributed by atoms with van der Waals surface area (Å²) in [7, 11) is 0. The molecule has 1 aliphatic rings. The van der Waals surface area contributed by atoms with Crippen molar-refractivity contribution in [2.45, 2.75) is 27.7 Å². The zero-order valence-corrected chi connectivity index (χ0v) is 10.8. The van der Waals surface area contributed by atoms with E-state index < -0.39 is 0 Å². The second-order valence-electron chi connectivity index (χ2n) is 4.59. The number of aliphatic imine (C=N–C) groups is 2. The van der Waals surface area contributed by atoms with Gasteiger partial charge in [-0.2, -0.15) is 0 Å². The molecular formula is C12H20N2O3. The molecule has 0 aromatic heterocycles. The second kappa shape index (κ2) is 5.82. The Bertz CT molecular complexity index is 368. The van der Waals surface area contributed by atoms with Crippen molar-refractivity contribution in [3.63, 3.8) is 0 Å². The third-order valence-corrected chi connectivity index (χ3v) is 2.54. The summed E-state index contributed by atoms with van der Waals surface area (Å²) < 4.78 is 5.25. The van der Waals surface area contributed by atoms with Crippen molar-refractivity contribution in [1.29, 1.82) is 0 Å². The minimum absolute atomic E-state index is 0.0673. The maximum absolute atomic E-state index is 9.75. The van der Waals surface area contributed by atoms with Gasteiger partial charge in [0.2, 0.25) is 0 Å². The summed E-state index contributed by atoms with van der Waals surface area (Å²) >= 11 is 0. The molecule has 0 radical (unpaired) electrons. The number of hydrogen-bond donors (Lipinski definition) is 2. The molecule has 5 heteroatoms. The molecule has 1 rings (SSSR count). The van der Waals surface area contributed by atoms with Gasteiger partial charge >= 0.3 is 0 Å². The first-order valence-electron chi connectivity index (χ1n) is 5.77. The lowest BCUT2D eigenvalue weighted by molar-refractivity contribution is 0.241. The Labute approximate surface area is 102 Å². The Morgan fingerprint density at radius 3 is 2.47 bits per heavy atom. The normalized spacial score (nSPS) is 19.7. The van der Waals surface area contributed by atoms with Gasteiger partial charge in [0.05, 0.1) is 18.0 Å². The molecule has 5 nitrogen and oxygen atoms in total. The number of aliphatic hydroxyl groups excluding tert-OH is 2. The summed E-state index contributed by atoms with van der Waals surface area (Å²) in [5.74, 6) is 0.225. The molecule has 0 fully saturated rings. The smallest absolute Gasteiger partial charge is 0.278 e. The van der Waals surface area contributed by atoms with Gasteiger partial charge in [-0.05, 0) is 11.8 Å². The van der Waals surface area contributed by atoms with Gasteiger partial charge in [-0.15, -0.1) is 0 Å². The Kier molecular flexibility index (Phi) is 4.69. The van der Waals surface area contributed by atoms with E-state index in [9.17, 15) is 5.11 Å². The molecule has 2 N–H and O–H groups in total. The third-order valence-electron chi connectivity index (χ3n) is 2.54. The lowest BCUT2D eigenvalue weighted by atomic mass is 10.1. The number of hydrogen-bond acceptors (Lipinski definition) is 5. The van der Waals surface area contributed by atoms with Crippen LogP contribution in [0.15, 0.2) is 21.8 Å². The van der Waals surface area contributed by atoms with Crippen LogP contribution >= 0.6 is 0 Å². The van der Waals surface area contributed by atoms with E-state index in [-0.39, 0.29) is 30.2 Å². The Morgan fingerprint density at radius 2 is 2.06 bits per heavy atom. The summed E-state index contributed by atoms with van der Waals surface area (Å²) in [4.78, 5) is 8.11. The predicted molar refractivity (Wildman–Crippen MR) is 67.2 cm³/mol. The van der Waals surface area contributed by atoms with Crippen LogP contribution in [-0.4, -0.2) is 34.9 Å². The first kappa shape index (κ1) is 13.7. The Hall–Kier alpha value is -1.36. The topological polar surface area (TPSA) is 74.4 Å². The molecule has 0 aromatic rings. The number of ether oxygens (including phenoxy) is 1. The highest BCUT2D eigenvalue weighted by Gasteiger charge is 2.19. The first-order chi connectivity index (χ1) is 7.95. The number of rotatable bonds is 4. The molecule has 0 spiro atoms. The molecule has 0 unspecified atom stereocenters. The Morgan fingerprint density at radius 1 is 1.41 bits per heavy atom. The van der Waals surface area contributed by atoms with Crippen LogP contribution in [0.4, 0.5) is 0 Å². The fourth-order valence-electron chi connectivity index (χ4n) is 1.28. The van der Waals surface area contributed by atoms with E-state index in [1.54, 1.807) is 0 Å². The molecule has 0 atom stereocenters. The lowest BCUT2D eigenvalue weighted by Gasteiger charge is -2.06. The maximum atomic E-state index is 9.75. The van der Waals surface area contributed by atoms with Crippen LogP contribution in [0.25, 0.3) is 0 Å². The van der Waals surface area contributed by atoms with E-state index in [4.69, 9.17) is 9.84 Å². The van der Waals surface area contributed by atoms with E-state index in [0.717, 1.165) is 5.71 Å². The molecule has 0 saturated carbocycles. The van der Waals surface area contributed by atoms with Gasteiger partial charge < -0.3 is 14.9 Å². The van der Waals surface area contributed by atoms with Crippen molar-refractivity contribution in [2.24, 2.45) is 21.8 Å². The first-order valence-corrected chi connectivity index (χ1v) is 5.77. The zero-order valence-electron chi connectivity index (χ0n) is 10.8. The Balaban J connectivity index is 2.93. The predicted octanol–water partition coefficient (Wildman–Crippen LogP) is 1.89. The van der Waals surface area contributed by atoms with Crippen LogP contribution in [0.5, 0.6) is 0 Å². The van der Waals surface area contributed by atoms with Crippen molar-refractivity contribution in [1.82, 2.24) is 0 Å². The summed E-state index contributed by atoms with van der Waals surface area (Å²) in [6.45, 7) is 8.02. The molecular weight excluding hydrogens is 220 g/mol. The van der Waals surface area contributed by atoms with E-state index in [1.165, 1.54) is 0 Å². The summed E-state index contributed by atoms with van der Waals surface area (Å²) in [5, 5.41) is 18.8. The summed E-state index contributed by atoms with van der Waals surface area (Å²) in [6, 6.07) is 0. The van der Waals surface area contributed by atoms with Gasteiger partial charge in [0.1, 0.15) is 6.61 Å². The van der Waals surface area contributed by atoms with Crippen molar-refractivity contribution in [3.05, 3.63) is 11.8 Å². The number of nitrogens with zero attached hydrogens (tertiary/aromatic N) is 2. The molecule has 0 aromatic carbocycles. The molecule has 0 bridgehead atoms. The SMILES string of the molecule is CC(C)C(CO)=N/C(O)=C1/N=C(C(C)C)CO1. The highest BCUT2D eigenvalue weighted by Crippen LogP contribution is 2.17. The highest BCUT2D eigenvalue weighted by atomic mass is 16.5. The summed E-state index contributed by atoms with van der Waals surface area (Å²) in [5.41, 5.74) is 1.39. The average Bonchev–Trinajstić information content (AvgIpc) is 2.74. The van der Waals surface area contributed by atoms with Crippen molar-refractivity contribution in [3.8, 4) is 0 Å². The van der Waals surface area contributed by atoms with E-state index in [0.29, 0.717) is 12.3 Å². The summed E-state index contributed by atoms with van der Waals surface area (Å²) in [6.07, 6.45) is 0. The zero-order chi connectivity index (χ0) is 13.0. The van der Waals surface area contributed by atoms with Gasteiger partial charge in [0.15, 0.2) is 0 Å². The molecule has 0 amide bonds. The van der Waals surface area contributed by atoms with Crippen molar-refractivity contribution in [2.75, 3.05) is 13.2 Å². The van der Waals surface area contributed by atoms with Gasteiger partial charge in [0.25, 0.3) is 11.8 Å². The minimum atomic E-state index is -0.265. The molecule has 17 heavy (non-hydrogen) atoms. The van der Waals surface area contributed by atoms with Crippen LogP contribution in [0, 0.1) is 11.8 Å². The fraction of sp³-hybridized carbons (Fsp3) is 0.667. The fourth-order valence-corrected chi connectivity index (χ4v) is 1.28. The van der Waals surface area contributed by atoms with Gasteiger partial charge in [-0.25, -0.2) is 9.98 Å². The number of aliphatic hydroxyl groups is 2. The maximum Gasteiger partial charge on any atom is 0.278 e. The van der Waals surface area contributed by atoms with E-state index in [1.807, 2.05) is 27.7 Å². The van der Waals surface area contributed by atoms with Crippen LogP contribution in [0.2, 0.25) is 0 Å². The molecule has 96 valence electrons. The van der Waals surface area contributed by atoms with Crippen molar-refractivity contribution < 1.29 is 14.9 Å². The molecule has 1 heterocycles. The standard InChI is InChI=1S/C12H20N2O3/c1-7(2)9(5-15)13-11(16)12-14-10(6-17-12)8(3)4/h7-8,15-16H,5-6H2,1-4H3/b12-11+,13-9?. The van der Waals surface area contributed by atoms with Gasteiger partial charge in [-0.3, -0.25) is 0 Å². The third kappa shape index (κ3) is 3.56. The van der Waals surface area contributed by atoms with Crippen LogP contribution in [0.3, 0.4) is 0 Å². The van der Waals surface area contributed by atoms with Crippen LogP contribution in [-0.2, 0) is 4.74 Å². The van der Waals surface area contributed by atoms with Crippen molar-refractivity contribution >= 4 is 11.4 Å². The minimum Gasteiger partial charge on any atom is -0.489 e. The van der Waals surface area contributed by atoms with Gasteiger partial charge in [0, 0.05) is 0 Å². The largest absolute Gasteiger partial charge is 0.489 e. The lowest BCUT2D eigenvalue weighted by Crippen LogP contribution is -2.13. The monoisotopic (exact) mass is 240 g/mol. The quantitative estimate of drug-likeness (QED) is 0.582. The van der Waals surface area contributed by atoms with Crippen LogP contribution in [0.1, 0.15) is 27.7 Å². The second-order valence-corrected chi connectivity index (χ2v) is 4.59. The highest BCUT2D eigenvalue weighted by molar-refractivity contribution is 5.90. The van der Waals surface area contributed by atoms with E-state index >= 15 is 0 Å². The van der Waals surface area contributed by atoms with E-state index in [2.05, 4.69) is 9.98 Å². The molecule has 1 aliphatic heterocycles. The van der Waals surface area contributed by atoms with Crippen LogP contribution < -0.4 is 0 Å².